The minimum absolute atomic E-state index is 0.00668. The molecule has 0 unspecified atom stereocenters. The number of ether oxygens (including phenoxy) is 1. The molecule has 7 heteroatoms. The molecule has 0 radical (unpaired) electrons. The monoisotopic (exact) mass is 445 g/mol. The van der Waals surface area contributed by atoms with Gasteiger partial charge < -0.3 is 20.3 Å². The number of benzene rings is 3. The Morgan fingerprint density at radius 3 is 2.53 bits per heavy atom. The van der Waals surface area contributed by atoms with Crippen molar-refractivity contribution < 1.29 is 19.7 Å². The van der Waals surface area contributed by atoms with E-state index in [1.807, 2.05) is 30.3 Å². The highest BCUT2D eigenvalue weighted by molar-refractivity contribution is 6.33. The van der Waals surface area contributed by atoms with Crippen LogP contribution in [0.15, 0.2) is 66.7 Å². The van der Waals surface area contributed by atoms with E-state index in [1.54, 1.807) is 24.3 Å². The van der Waals surface area contributed by atoms with Crippen molar-refractivity contribution in [3.8, 4) is 11.5 Å². The van der Waals surface area contributed by atoms with Crippen LogP contribution in [0.1, 0.15) is 27.6 Å². The van der Waals surface area contributed by atoms with Gasteiger partial charge >= 0.3 is 5.97 Å². The third-order valence-electron chi connectivity index (χ3n) is 4.46. The van der Waals surface area contributed by atoms with Crippen molar-refractivity contribution in [3.05, 3.63) is 93.5 Å². The van der Waals surface area contributed by atoms with Gasteiger partial charge in [0.1, 0.15) is 11.5 Å². The molecular formula is C23H21Cl2NO4. The lowest BCUT2D eigenvalue weighted by molar-refractivity contribution is 0.0696. The Balaban J connectivity index is 1.53. The van der Waals surface area contributed by atoms with Crippen LogP contribution in [0.25, 0.3) is 0 Å². The van der Waals surface area contributed by atoms with Crippen LogP contribution < -0.4 is 10.1 Å². The number of nitrogens with one attached hydrogen (secondary N) is 1. The van der Waals surface area contributed by atoms with Crippen LogP contribution in [0.2, 0.25) is 10.0 Å². The molecule has 0 aromatic heterocycles. The zero-order valence-corrected chi connectivity index (χ0v) is 17.5. The van der Waals surface area contributed by atoms with E-state index in [2.05, 4.69) is 5.32 Å². The lowest BCUT2D eigenvalue weighted by Gasteiger charge is -2.13. The van der Waals surface area contributed by atoms with Crippen LogP contribution in [0.5, 0.6) is 11.5 Å². The molecule has 3 N–H and O–H groups in total. The zero-order valence-electron chi connectivity index (χ0n) is 16.0. The fraction of sp³-hybridized carbons (Fsp3) is 0.174. The normalized spacial score (nSPS) is 11.8. The third-order valence-corrected chi connectivity index (χ3v) is 5.03. The molecule has 3 aromatic carbocycles. The Labute approximate surface area is 184 Å². The second kappa shape index (κ2) is 10.5. The summed E-state index contributed by atoms with van der Waals surface area (Å²) in [6.07, 6.45) is 0.104. The highest BCUT2D eigenvalue weighted by atomic mass is 35.5. The number of halogens is 2. The second-order valence-electron chi connectivity index (χ2n) is 6.72. The van der Waals surface area contributed by atoms with Gasteiger partial charge in [-0.05, 0) is 66.6 Å². The standard InChI is InChI=1S/C23H21Cl2NO4/c24-17-5-2-4-16(12-17)22(27)14-26-10-9-15-3-1-6-18(11-15)30-19-7-8-21(25)20(13-19)23(28)29/h1-8,11-13,22,26-27H,9-10,14H2,(H,28,29)/t22-/m0/s1. The van der Waals surface area contributed by atoms with Crippen LogP contribution in [-0.4, -0.2) is 29.3 Å². The number of carboxylic acids is 1. The largest absolute Gasteiger partial charge is 0.478 e. The number of aromatic carboxylic acids is 1. The molecule has 0 saturated carbocycles. The maximum Gasteiger partial charge on any atom is 0.337 e. The van der Waals surface area contributed by atoms with Gasteiger partial charge in [-0.3, -0.25) is 0 Å². The summed E-state index contributed by atoms with van der Waals surface area (Å²) in [5, 5.41) is 23.4. The van der Waals surface area contributed by atoms with Gasteiger partial charge in [-0.2, -0.15) is 0 Å². The minimum Gasteiger partial charge on any atom is -0.478 e. The summed E-state index contributed by atoms with van der Waals surface area (Å²) in [7, 11) is 0. The van der Waals surface area contributed by atoms with Gasteiger partial charge in [-0.25, -0.2) is 4.79 Å². The summed E-state index contributed by atoms with van der Waals surface area (Å²) in [4.78, 5) is 11.2. The number of carboxylic acid groups (broad SMARTS) is 1. The summed E-state index contributed by atoms with van der Waals surface area (Å²) in [6, 6.07) is 19.2. The molecule has 5 nitrogen and oxygen atoms in total. The van der Waals surface area contributed by atoms with E-state index in [-0.39, 0.29) is 10.6 Å². The molecule has 0 saturated heterocycles. The van der Waals surface area contributed by atoms with E-state index in [1.165, 1.54) is 12.1 Å². The van der Waals surface area contributed by atoms with Gasteiger partial charge in [0.15, 0.2) is 0 Å². The predicted octanol–water partition coefficient (Wildman–Crippen LogP) is 5.35. The molecule has 0 fully saturated rings. The molecule has 0 aliphatic heterocycles. The summed E-state index contributed by atoms with van der Waals surface area (Å²) in [5.74, 6) is -0.105. The first-order valence-electron chi connectivity index (χ1n) is 9.36. The average Bonchev–Trinajstić information content (AvgIpc) is 2.72. The van der Waals surface area contributed by atoms with Crippen LogP contribution in [0.4, 0.5) is 0 Å². The Kier molecular flexibility index (Phi) is 7.71. The molecule has 1 atom stereocenters. The molecule has 156 valence electrons. The van der Waals surface area contributed by atoms with Gasteiger partial charge in [0, 0.05) is 11.6 Å². The van der Waals surface area contributed by atoms with E-state index in [0.29, 0.717) is 29.6 Å². The molecule has 0 amide bonds. The van der Waals surface area contributed by atoms with E-state index < -0.39 is 12.1 Å². The molecule has 0 aliphatic carbocycles. The summed E-state index contributed by atoms with van der Waals surface area (Å²) in [6.45, 7) is 1.09. The molecule has 0 aliphatic rings. The fourth-order valence-electron chi connectivity index (χ4n) is 2.94. The van der Waals surface area contributed by atoms with Crippen LogP contribution >= 0.6 is 23.2 Å². The number of rotatable bonds is 9. The van der Waals surface area contributed by atoms with E-state index >= 15 is 0 Å². The number of hydrogen-bond donors (Lipinski definition) is 3. The van der Waals surface area contributed by atoms with Crippen molar-refractivity contribution in [2.45, 2.75) is 12.5 Å². The topological polar surface area (TPSA) is 78.8 Å². The molecule has 30 heavy (non-hydrogen) atoms. The molecule has 0 bridgehead atoms. The number of aliphatic hydroxyl groups excluding tert-OH is 1. The summed E-state index contributed by atoms with van der Waals surface area (Å²) >= 11 is 11.8. The third kappa shape index (κ3) is 6.21. The van der Waals surface area contributed by atoms with Gasteiger partial charge in [-0.1, -0.05) is 47.5 Å². The van der Waals surface area contributed by atoms with Crippen molar-refractivity contribution in [1.29, 1.82) is 0 Å². The van der Waals surface area contributed by atoms with E-state index in [0.717, 1.165) is 17.5 Å². The first kappa shape index (κ1) is 22.1. The average molecular weight is 446 g/mol. The molecule has 0 spiro atoms. The van der Waals surface area contributed by atoms with Gasteiger partial charge in [0.05, 0.1) is 16.7 Å². The van der Waals surface area contributed by atoms with E-state index in [4.69, 9.17) is 27.9 Å². The second-order valence-corrected chi connectivity index (χ2v) is 7.56. The predicted molar refractivity (Wildman–Crippen MR) is 118 cm³/mol. The fourth-order valence-corrected chi connectivity index (χ4v) is 3.33. The van der Waals surface area contributed by atoms with Gasteiger partial charge in [0.2, 0.25) is 0 Å². The SMILES string of the molecule is O=C(O)c1cc(Oc2cccc(CCNC[C@H](O)c3cccc(Cl)c3)c2)ccc1Cl. The Morgan fingerprint density at radius 1 is 1.00 bits per heavy atom. The molecular weight excluding hydrogens is 425 g/mol. The maximum atomic E-state index is 11.2. The smallest absolute Gasteiger partial charge is 0.337 e. The lowest BCUT2D eigenvalue weighted by atomic mass is 10.1. The Morgan fingerprint density at radius 2 is 1.77 bits per heavy atom. The van der Waals surface area contributed by atoms with Crippen LogP contribution in [-0.2, 0) is 6.42 Å². The van der Waals surface area contributed by atoms with Crippen molar-refractivity contribution in [1.82, 2.24) is 5.32 Å². The summed E-state index contributed by atoms with van der Waals surface area (Å²) < 4.78 is 5.78. The van der Waals surface area contributed by atoms with Crippen LogP contribution in [0, 0.1) is 0 Å². The van der Waals surface area contributed by atoms with Crippen molar-refractivity contribution in [3.63, 3.8) is 0 Å². The lowest BCUT2D eigenvalue weighted by Crippen LogP contribution is -2.23. The zero-order chi connectivity index (χ0) is 21.5. The van der Waals surface area contributed by atoms with Gasteiger partial charge in [-0.15, -0.1) is 0 Å². The highest BCUT2D eigenvalue weighted by Crippen LogP contribution is 2.27. The minimum atomic E-state index is -1.11. The van der Waals surface area contributed by atoms with Crippen molar-refractivity contribution >= 4 is 29.2 Å². The first-order chi connectivity index (χ1) is 14.4. The van der Waals surface area contributed by atoms with Crippen molar-refractivity contribution in [2.75, 3.05) is 13.1 Å². The van der Waals surface area contributed by atoms with Crippen molar-refractivity contribution in [2.24, 2.45) is 0 Å². The molecule has 3 aromatic rings. The van der Waals surface area contributed by atoms with Crippen LogP contribution in [0.3, 0.4) is 0 Å². The first-order valence-corrected chi connectivity index (χ1v) is 10.1. The highest BCUT2D eigenvalue weighted by Gasteiger charge is 2.11. The number of hydrogen-bond acceptors (Lipinski definition) is 4. The summed E-state index contributed by atoms with van der Waals surface area (Å²) in [5.41, 5.74) is 1.81. The Bertz CT molecular complexity index is 1030. The molecule has 0 heterocycles. The molecule has 3 rings (SSSR count). The number of aliphatic hydroxyl groups is 1. The Hall–Kier alpha value is -2.57. The van der Waals surface area contributed by atoms with E-state index in [9.17, 15) is 15.0 Å². The van der Waals surface area contributed by atoms with Gasteiger partial charge in [0.25, 0.3) is 0 Å². The maximum absolute atomic E-state index is 11.2. The quantitative estimate of drug-likeness (QED) is 0.386. The number of carbonyl (C=O) groups is 1.